The Bertz CT molecular complexity index is 2810. The summed E-state index contributed by atoms with van der Waals surface area (Å²) in [5, 5.41) is 0. The number of aryl methyl sites for hydroxylation is 2. The molecule has 0 bridgehead atoms. The van der Waals surface area contributed by atoms with Gasteiger partial charge in [0.2, 0.25) is 19.7 Å². The summed E-state index contributed by atoms with van der Waals surface area (Å²) in [4.78, 5) is 0.899. The summed E-state index contributed by atoms with van der Waals surface area (Å²) in [5.74, 6) is 2.27. The van der Waals surface area contributed by atoms with Crippen LogP contribution in [-0.2, 0) is 42.6 Å². The second-order valence-electron chi connectivity index (χ2n) is 13.7. The van der Waals surface area contributed by atoms with E-state index in [1.54, 1.807) is 84.9 Å². The van der Waals surface area contributed by atoms with E-state index in [1.807, 2.05) is 67.6 Å². The number of rotatable bonds is 12. The summed E-state index contributed by atoms with van der Waals surface area (Å²) < 4.78 is 90.5. The molecule has 0 atom stereocenters. The zero-order valence-electron chi connectivity index (χ0n) is 32.5. The molecule has 7 rings (SSSR count). The molecule has 0 saturated heterocycles. The van der Waals surface area contributed by atoms with Gasteiger partial charge in [-0.25, -0.2) is 16.8 Å². The van der Waals surface area contributed by atoms with Gasteiger partial charge in [0.15, 0.2) is 0 Å². The molecule has 0 aromatic heterocycles. The van der Waals surface area contributed by atoms with E-state index in [9.17, 15) is 25.3 Å². The van der Waals surface area contributed by atoms with Gasteiger partial charge < -0.3 is 9.47 Å². The zero-order valence-corrected chi connectivity index (χ0v) is 35.0. The van der Waals surface area contributed by atoms with Crippen LogP contribution in [0.4, 0.5) is 0 Å². The van der Waals surface area contributed by atoms with Gasteiger partial charge in [-0.05, 0) is 145 Å². The minimum atomic E-state index is -3.69. The molecule has 0 aliphatic carbocycles. The Morgan fingerprint density at radius 1 is 0.407 bits per heavy atom. The van der Waals surface area contributed by atoms with Crippen molar-refractivity contribution in [2.75, 3.05) is 6.26 Å². The maximum atomic E-state index is 13.4. The van der Waals surface area contributed by atoms with E-state index >= 15 is 0 Å². The van der Waals surface area contributed by atoms with Gasteiger partial charge in [0.1, 0.15) is 23.0 Å². The highest BCUT2D eigenvalue weighted by Gasteiger charge is 2.19. The third kappa shape index (κ3) is 11.5. The molecule has 0 aliphatic heterocycles. The standard InChI is InChI=1S/C46H38O6S2.CH4O3S/c1-3-34-6-8-35(9-7-34)32-36-10-26-44(27-11-36)54(49,50)46-30-22-42(23-31-46)52-40-18-14-38(15-19-40)37-12-16-39(17-13-37)51-41-20-28-45(29-21-41)53(47,48)43-24-4-33(2)5-25-43;1-5(2,3)4/h4-31H,3,32H2,1-2H3;1H3,(H,2,3,4). The first-order chi connectivity index (χ1) is 28.1. The predicted molar refractivity (Wildman–Crippen MR) is 230 cm³/mol. The molecule has 7 aromatic rings. The van der Waals surface area contributed by atoms with Crippen molar-refractivity contribution in [2.24, 2.45) is 0 Å². The molecule has 0 unspecified atom stereocenters. The van der Waals surface area contributed by atoms with Crippen molar-refractivity contribution in [1.82, 2.24) is 0 Å². The van der Waals surface area contributed by atoms with E-state index in [-0.39, 0.29) is 19.6 Å². The molecule has 302 valence electrons. The number of ether oxygens (including phenoxy) is 2. The van der Waals surface area contributed by atoms with Crippen molar-refractivity contribution >= 4 is 29.8 Å². The lowest BCUT2D eigenvalue weighted by Gasteiger charge is -2.10. The molecule has 0 spiro atoms. The predicted octanol–water partition coefficient (Wildman–Crippen LogP) is 10.6. The Morgan fingerprint density at radius 3 is 0.983 bits per heavy atom. The van der Waals surface area contributed by atoms with Crippen molar-refractivity contribution in [3.63, 3.8) is 0 Å². The lowest BCUT2D eigenvalue weighted by molar-refractivity contribution is 0.481. The molecule has 0 amide bonds. The van der Waals surface area contributed by atoms with Crippen molar-refractivity contribution in [2.45, 2.75) is 46.3 Å². The molecule has 1 N–H and O–H groups in total. The number of sulfone groups is 2. The van der Waals surface area contributed by atoms with Gasteiger partial charge in [0, 0.05) is 0 Å². The smallest absolute Gasteiger partial charge is 0.261 e. The number of hydrogen-bond acceptors (Lipinski definition) is 8. The van der Waals surface area contributed by atoms with Crippen LogP contribution in [0.1, 0.15) is 29.2 Å². The molecule has 0 radical (unpaired) electrons. The SMILES string of the molecule is CCc1ccc(Cc2ccc(S(=O)(=O)c3ccc(Oc4ccc(-c5ccc(Oc6ccc(S(=O)(=O)c7ccc(C)cc7)cc6)cc5)cc4)cc3)cc2)cc1.CS(=O)(=O)O. The van der Waals surface area contributed by atoms with Crippen molar-refractivity contribution in [3.05, 3.63) is 192 Å². The Kier molecular flexibility index (Phi) is 13.2. The highest BCUT2D eigenvalue weighted by atomic mass is 32.2. The molecule has 0 saturated carbocycles. The second-order valence-corrected chi connectivity index (χ2v) is 19.1. The van der Waals surface area contributed by atoms with Crippen LogP contribution in [0.15, 0.2) is 189 Å². The summed E-state index contributed by atoms with van der Waals surface area (Å²) in [6.07, 6.45) is 2.45. The van der Waals surface area contributed by atoms with E-state index in [0.717, 1.165) is 35.1 Å². The molecule has 12 heteroatoms. The molecular formula is C47H42O9S3. The second kappa shape index (κ2) is 18.3. The first-order valence-electron chi connectivity index (χ1n) is 18.5. The third-order valence-electron chi connectivity index (χ3n) is 9.19. The third-order valence-corrected chi connectivity index (χ3v) is 12.8. The minimum Gasteiger partial charge on any atom is -0.457 e. The summed E-state index contributed by atoms with van der Waals surface area (Å²) in [5.41, 5.74) is 6.47. The van der Waals surface area contributed by atoms with Crippen LogP contribution in [0.25, 0.3) is 11.1 Å². The fourth-order valence-corrected chi connectivity index (χ4v) is 8.50. The quantitative estimate of drug-likeness (QED) is 0.119. The monoisotopic (exact) mass is 846 g/mol. The highest BCUT2D eigenvalue weighted by molar-refractivity contribution is 7.91. The van der Waals surface area contributed by atoms with E-state index in [1.165, 1.54) is 11.1 Å². The molecule has 0 heterocycles. The lowest BCUT2D eigenvalue weighted by atomic mass is 10.0. The van der Waals surface area contributed by atoms with Crippen LogP contribution in [0, 0.1) is 6.92 Å². The maximum Gasteiger partial charge on any atom is 0.261 e. The highest BCUT2D eigenvalue weighted by Crippen LogP contribution is 2.31. The summed E-state index contributed by atoms with van der Waals surface area (Å²) >= 11 is 0. The van der Waals surface area contributed by atoms with Crippen LogP contribution < -0.4 is 9.47 Å². The molecule has 9 nitrogen and oxygen atoms in total. The van der Waals surface area contributed by atoms with E-state index in [4.69, 9.17) is 14.0 Å². The van der Waals surface area contributed by atoms with Crippen LogP contribution in [0.2, 0.25) is 0 Å². The van der Waals surface area contributed by atoms with Gasteiger partial charge in [-0.1, -0.05) is 85.3 Å². The van der Waals surface area contributed by atoms with Gasteiger partial charge in [0.25, 0.3) is 10.1 Å². The van der Waals surface area contributed by atoms with Gasteiger partial charge >= 0.3 is 0 Å². The van der Waals surface area contributed by atoms with Gasteiger partial charge in [-0.2, -0.15) is 8.42 Å². The molecule has 59 heavy (non-hydrogen) atoms. The van der Waals surface area contributed by atoms with Crippen molar-refractivity contribution in [1.29, 1.82) is 0 Å². The van der Waals surface area contributed by atoms with Crippen molar-refractivity contribution < 1.29 is 39.3 Å². The average Bonchev–Trinajstić information content (AvgIpc) is 3.22. The minimum absolute atomic E-state index is 0.198. The topological polar surface area (TPSA) is 141 Å². The first-order valence-corrected chi connectivity index (χ1v) is 23.3. The molecular weight excluding hydrogens is 805 g/mol. The zero-order chi connectivity index (χ0) is 42.2. The first kappa shape index (κ1) is 42.6. The van der Waals surface area contributed by atoms with E-state index in [0.29, 0.717) is 29.3 Å². The van der Waals surface area contributed by atoms with Crippen LogP contribution in [0.3, 0.4) is 0 Å². The Morgan fingerprint density at radius 2 is 0.661 bits per heavy atom. The number of hydrogen-bond donors (Lipinski definition) is 1. The van der Waals surface area contributed by atoms with Gasteiger partial charge in [0.05, 0.1) is 25.8 Å². The number of benzene rings is 7. The Labute approximate surface area is 346 Å². The Balaban J connectivity index is 0.00000110. The summed E-state index contributed by atoms with van der Waals surface area (Å²) in [6.45, 7) is 4.04. The average molecular weight is 847 g/mol. The van der Waals surface area contributed by atoms with Crippen LogP contribution in [0.5, 0.6) is 23.0 Å². The molecule has 0 aliphatic rings. The fraction of sp³-hybridized carbons (Fsp3) is 0.106. The largest absolute Gasteiger partial charge is 0.457 e. The van der Waals surface area contributed by atoms with E-state index in [2.05, 4.69) is 31.2 Å². The summed E-state index contributed by atoms with van der Waals surface area (Å²) in [6, 6.07) is 50.4. The Hall–Kier alpha value is -6.05. The molecule has 0 fully saturated rings. The normalized spacial score (nSPS) is 11.6. The van der Waals surface area contributed by atoms with Crippen LogP contribution >= 0.6 is 0 Å². The maximum absolute atomic E-state index is 13.4. The fourth-order valence-electron chi connectivity index (χ4n) is 5.98. The van der Waals surface area contributed by atoms with Gasteiger partial charge in [-0.15, -0.1) is 0 Å². The summed E-state index contributed by atoms with van der Waals surface area (Å²) in [7, 11) is -11.0. The van der Waals surface area contributed by atoms with Crippen molar-refractivity contribution in [3.8, 4) is 34.1 Å². The lowest BCUT2D eigenvalue weighted by Crippen LogP contribution is -2.02. The van der Waals surface area contributed by atoms with Gasteiger partial charge in [-0.3, -0.25) is 4.55 Å². The molecule has 7 aromatic carbocycles. The van der Waals surface area contributed by atoms with E-state index < -0.39 is 29.8 Å². The van der Waals surface area contributed by atoms with Crippen LogP contribution in [-0.4, -0.2) is 36.1 Å².